The van der Waals surface area contributed by atoms with Gasteiger partial charge in [0.1, 0.15) is 10.7 Å². The van der Waals surface area contributed by atoms with Gasteiger partial charge in [0.25, 0.3) is 0 Å². The molecule has 0 bridgehead atoms. The third-order valence-corrected chi connectivity index (χ3v) is 4.14. The van der Waals surface area contributed by atoms with E-state index in [-0.39, 0.29) is 5.54 Å². The lowest BCUT2D eigenvalue weighted by molar-refractivity contribution is 0.351. The van der Waals surface area contributed by atoms with Gasteiger partial charge in [0.05, 0.1) is 0 Å². The number of nitrogens with zero attached hydrogens (tertiary/aromatic N) is 2. The monoisotopic (exact) mass is 269 g/mol. The van der Waals surface area contributed by atoms with Gasteiger partial charge in [-0.3, -0.25) is 0 Å². The standard InChI is InChI=1S/C12H19N3O2S/c1-12(2)9-15(8-7-14-12)11-10(18(3,16)17)5-4-6-13-11/h4-6,14H,7-9H2,1-3H3. The van der Waals surface area contributed by atoms with E-state index in [4.69, 9.17) is 0 Å². The quantitative estimate of drug-likeness (QED) is 0.855. The van der Waals surface area contributed by atoms with Crippen molar-refractivity contribution in [2.45, 2.75) is 24.3 Å². The lowest BCUT2D eigenvalue weighted by Gasteiger charge is -2.40. The molecular weight excluding hydrogens is 250 g/mol. The first-order valence-electron chi connectivity index (χ1n) is 5.95. The van der Waals surface area contributed by atoms with Crippen molar-refractivity contribution in [3.8, 4) is 0 Å². The van der Waals surface area contributed by atoms with Gasteiger partial charge in [0, 0.05) is 37.6 Å². The van der Waals surface area contributed by atoms with Crippen molar-refractivity contribution in [2.24, 2.45) is 0 Å². The molecule has 1 aromatic rings. The Morgan fingerprint density at radius 1 is 1.44 bits per heavy atom. The van der Waals surface area contributed by atoms with Crippen LogP contribution in [-0.4, -0.2) is 44.8 Å². The predicted octanol–water partition coefficient (Wildman–Crippen LogP) is 0.673. The summed E-state index contributed by atoms with van der Waals surface area (Å²) in [7, 11) is -3.24. The van der Waals surface area contributed by atoms with Crippen LogP contribution in [0.5, 0.6) is 0 Å². The molecule has 1 fully saturated rings. The smallest absolute Gasteiger partial charge is 0.179 e. The van der Waals surface area contributed by atoms with Crippen LogP contribution in [0.15, 0.2) is 23.2 Å². The molecule has 1 saturated heterocycles. The Bertz CT molecular complexity index is 540. The zero-order chi connectivity index (χ0) is 13.4. The Kier molecular flexibility index (Phi) is 3.33. The van der Waals surface area contributed by atoms with Crippen LogP contribution in [0.25, 0.3) is 0 Å². The van der Waals surface area contributed by atoms with E-state index in [9.17, 15) is 8.42 Å². The Hall–Kier alpha value is -1.14. The van der Waals surface area contributed by atoms with Crippen molar-refractivity contribution in [1.82, 2.24) is 10.3 Å². The fourth-order valence-corrected chi connectivity index (χ4v) is 3.07. The molecular formula is C12H19N3O2S. The van der Waals surface area contributed by atoms with Gasteiger partial charge < -0.3 is 10.2 Å². The fourth-order valence-electron chi connectivity index (χ4n) is 2.23. The third-order valence-electron chi connectivity index (χ3n) is 3.02. The maximum absolute atomic E-state index is 11.8. The molecule has 5 nitrogen and oxygen atoms in total. The van der Waals surface area contributed by atoms with Crippen LogP contribution >= 0.6 is 0 Å². The summed E-state index contributed by atoms with van der Waals surface area (Å²) in [6.07, 6.45) is 2.86. The number of rotatable bonds is 2. The molecule has 2 rings (SSSR count). The van der Waals surface area contributed by atoms with Gasteiger partial charge in [-0.2, -0.15) is 0 Å². The van der Waals surface area contributed by atoms with Crippen LogP contribution < -0.4 is 10.2 Å². The van der Waals surface area contributed by atoms with Gasteiger partial charge in [0.15, 0.2) is 9.84 Å². The minimum Gasteiger partial charge on any atom is -0.352 e. The van der Waals surface area contributed by atoms with E-state index in [0.717, 1.165) is 19.6 Å². The highest BCUT2D eigenvalue weighted by molar-refractivity contribution is 7.90. The number of aromatic nitrogens is 1. The average Bonchev–Trinajstić information content (AvgIpc) is 2.26. The zero-order valence-electron chi connectivity index (χ0n) is 11.0. The second-order valence-corrected chi connectivity index (χ2v) is 7.31. The number of piperazine rings is 1. The molecule has 1 aliphatic heterocycles. The van der Waals surface area contributed by atoms with Crippen LogP contribution in [0.2, 0.25) is 0 Å². The van der Waals surface area contributed by atoms with Crippen LogP contribution in [0.1, 0.15) is 13.8 Å². The Morgan fingerprint density at radius 2 is 2.17 bits per heavy atom. The molecule has 0 amide bonds. The molecule has 0 saturated carbocycles. The van der Waals surface area contributed by atoms with E-state index in [1.807, 2.05) is 4.90 Å². The maximum atomic E-state index is 11.8. The summed E-state index contributed by atoms with van der Waals surface area (Å²) in [6.45, 7) is 6.53. The van der Waals surface area contributed by atoms with Crippen LogP contribution in [-0.2, 0) is 9.84 Å². The molecule has 1 N–H and O–H groups in total. The summed E-state index contributed by atoms with van der Waals surface area (Å²) in [5.74, 6) is 0.564. The first-order chi connectivity index (χ1) is 8.30. The van der Waals surface area contributed by atoms with Crippen molar-refractivity contribution in [3.63, 3.8) is 0 Å². The predicted molar refractivity (Wildman–Crippen MR) is 71.6 cm³/mol. The van der Waals surface area contributed by atoms with Gasteiger partial charge in [-0.1, -0.05) is 0 Å². The molecule has 0 atom stereocenters. The number of pyridine rings is 1. The number of hydrogen-bond donors (Lipinski definition) is 1. The summed E-state index contributed by atoms with van der Waals surface area (Å²) in [5.41, 5.74) is -0.0372. The van der Waals surface area contributed by atoms with Gasteiger partial charge >= 0.3 is 0 Å². The molecule has 0 spiro atoms. The minimum absolute atomic E-state index is 0.0372. The highest BCUT2D eigenvalue weighted by Crippen LogP contribution is 2.24. The number of nitrogens with one attached hydrogen (secondary N) is 1. The van der Waals surface area contributed by atoms with Gasteiger partial charge in [0.2, 0.25) is 0 Å². The third kappa shape index (κ3) is 2.81. The molecule has 1 aliphatic rings. The van der Waals surface area contributed by atoms with E-state index < -0.39 is 9.84 Å². The first kappa shape index (κ1) is 13.3. The maximum Gasteiger partial charge on any atom is 0.179 e. The summed E-state index contributed by atoms with van der Waals surface area (Å²) >= 11 is 0. The fraction of sp³-hybridized carbons (Fsp3) is 0.583. The summed E-state index contributed by atoms with van der Waals surface area (Å²) < 4.78 is 23.6. The summed E-state index contributed by atoms with van der Waals surface area (Å²) in [6, 6.07) is 3.28. The van der Waals surface area contributed by atoms with Crippen molar-refractivity contribution < 1.29 is 8.42 Å². The molecule has 0 aliphatic carbocycles. The van der Waals surface area contributed by atoms with Crippen molar-refractivity contribution >= 4 is 15.7 Å². The Balaban J connectivity index is 2.40. The van der Waals surface area contributed by atoms with Crippen LogP contribution in [0.3, 0.4) is 0 Å². The van der Waals surface area contributed by atoms with E-state index in [2.05, 4.69) is 24.1 Å². The molecule has 0 radical (unpaired) electrons. The Labute approximate surface area is 108 Å². The van der Waals surface area contributed by atoms with E-state index in [1.54, 1.807) is 18.3 Å². The highest BCUT2D eigenvalue weighted by atomic mass is 32.2. The van der Waals surface area contributed by atoms with Gasteiger partial charge in [-0.15, -0.1) is 0 Å². The molecule has 100 valence electrons. The SMILES string of the molecule is CC1(C)CN(c2ncccc2S(C)(=O)=O)CCN1. The summed E-state index contributed by atoms with van der Waals surface area (Å²) in [4.78, 5) is 6.60. The van der Waals surface area contributed by atoms with Crippen LogP contribution in [0, 0.1) is 0 Å². The van der Waals surface area contributed by atoms with Crippen LogP contribution in [0.4, 0.5) is 5.82 Å². The van der Waals surface area contributed by atoms with Crippen molar-refractivity contribution in [2.75, 3.05) is 30.8 Å². The van der Waals surface area contributed by atoms with Crippen molar-refractivity contribution in [1.29, 1.82) is 0 Å². The normalized spacial score (nSPS) is 19.8. The Morgan fingerprint density at radius 3 is 2.78 bits per heavy atom. The molecule has 0 aromatic carbocycles. The first-order valence-corrected chi connectivity index (χ1v) is 7.84. The molecule has 2 heterocycles. The molecule has 1 aromatic heterocycles. The zero-order valence-corrected chi connectivity index (χ0v) is 11.8. The second-order valence-electron chi connectivity index (χ2n) is 5.33. The highest BCUT2D eigenvalue weighted by Gasteiger charge is 2.29. The minimum atomic E-state index is -3.24. The largest absolute Gasteiger partial charge is 0.352 e. The average molecular weight is 269 g/mol. The number of anilines is 1. The summed E-state index contributed by atoms with van der Waals surface area (Å²) in [5, 5.41) is 3.40. The lowest BCUT2D eigenvalue weighted by Crippen LogP contribution is -2.57. The van der Waals surface area contributed by atoms with Crippen molar-refractivity contribution in [3.05, 3.63) is 18.3 Å². The van der Waals surface area contributed by atoms with Gasteiger partial charge in [-0.25, -0.2) is 13.4 Å². The second kappa shape index (κ2) is 4.51. The van der Waals surface area contributed by atoms with E-state index in [1.165, 1.54) is 6.26 Å². The van der Waals surface area contributed by atoms with E-state index >= 15 is 0 Å². The molecule has 18 heavy (non-hydrogen) atoms. The molecule has 0 unspecified atom stereocenters. The number of sulfone groups is 1. The number of hydrogen-bond acceptors (Lipinski definition) is 5. The lowest BCUT2D eigenvalue weighted by atomic mass is 10.0. The molecule has 6 heteroatoms. The topological polar surface area (TPSA) is 62.3 Å². The van der Waals surface area contributed by atoms with Gasteiger partial charge in [-0.05, 0) is 26.0 Å². The van der Waals surface area contributed by atoms with E-state index in [0.29, 0.717) is 10.7 Å².